The molecule has 0 aliphatic carbocycles. The Labute approximate surface area is 139 Å². The van der Waals surface area contributed by atoms with Gasteiger partial charge < -0.3 is 19.5 Å². The van der Waals surface area contributed by atoms with Crippen molar-refractivity contribution in [3.05, 3.63) is 28.8 Å². The lowest BCUT2D eigenvalue weighted by atomic mass is 10.1. The molecule has 1 atom stereocenters. The highest BCUT2D eigenvalue weighted by Crippen LogP contribution is 2.25. The molecule has 23 heavy (non-hydrogen) atoms. The minimum atomic E-state index is -0.919. The Hall–Kier alpha value is -1.79. The number of rotatable bonds is 6. The van der Waals surface area contributed by atoms with Crippen LogP contribution in [0.4, 0.5) is 0 Å². The Balaban J connectivity index is 1.86. The first-order chi connectivity index (χ1) is 11.0. The predicted molar refractivity (Wildman–Crippen MR) is 84.9 cm³/mol. The van der Waals surface area contributed by atoms with Crippen LogP contribution in [-0.2, 0) is 20.7 Å². The first-order valence-electron chi connectivity index (χ1n) is 7.43. The van der Waals surface area contributed by atoms with Crippen LogP contribution in [0.3, 0.4) is 0 Å². The van der Waals surface area contributed by atoms with Gasteiger partial charge in [0.05, 0.1) is 31.3 Å². The van der Waals surface area contributed by atoms with Gasteiger partial charge in [0.25, 0.3) is 0 Å². The van der Waals surface area contributed by atoms with Crippen LogP contribution < -0.4 is 4.74 Å². The van der Waals surface area contributed by atoms with E-state index < -0.39 is 12.1 Å². The zero-order valence-corrected chi connectivity index (χ0v) is 13.7. The van der Waals surface area contributed by atoms with E-state index in [2.05, 4.69) is 0 Å². The topological polar surface area (TPSA) is 76.1 Å². The molecule has 6 nitrogen and oxygen atoms in total. The number of hydrogen-bond acceptors (Lipinski definition) is 4. The van der Waals surface area contributed by atoms with E-state index in [1.165, 1.54) is 0 Å². The predicted octanol–water partition coefficient (Wildman–Crippen LogP) is 1.98. The van der Waals surface area contributed by atoms with Crippen molar-refractivity contribution in [2.45, 2.75) is 25.4 Å². The summed E-state index contributed by atoms with van der Waals surface area (Å²) in [5.74, 6) is -0.320. The van der Waals surface area contributed by atoms with Gasteiger partial charge >= 0.3 is 5.97 Å². The van der Waals surface area contributed by atoms with E-state index in [1.54, 1.807) is 24.1 Å². The molecule has 0 saturated carbocycles. The number of carbonyl (C=O) groups excluding carboxylic acids is 1. The number of morpholine rings is 1. The standard InChI is InChI=1S/C16H20ClNO5/c1-22-14-4-2-11(8-13(14)17)3-5-15(19)18-6-7-23-12(10-18)9-16(20)21/h2,4,8,12H,3,5-7,9-10H2,1H3,(H,20,21). The fourth-order valence-electron chi connectivity index (χ4n) is 2.54. The largest absolute Gasteiger partial charge is 0.495 e. The maximum Gasteiger partial charge on any atom is 0.306 e. The van der Waals surface area contributed by atoms with E-state index >= 15 is 0 Å². The summed E-state index contributed by atoms with van der Waals surface area (Å²) in [6, 6.07) is 5.45. The van der Waals surface area contributed by atoms with E-state index in [0.717, 1.165) is 5.56 Å². The number of aryl methyl sites for hydroxylation is 1. The summed E-state index contributed by atoms with van der Waals surface area (Å²) in [6.45, 7) is 1.20. The quantitative estimate of drug-likeness (QED) is 0.856. The highest BCUT2D eigenvalue weighted by atomic mass is 35.5. The van der Waals surface area contributed by atoms with Gasteiger partial charge in [-0.25, -0.2) is 0 Å². The normalized spacial score (nSPS) is 17.8. The monoisotopic (exact) mass is 341 g/mol. The number of aliphatic carboxylic acids is 1. The van der Waals surface area contributed by atoms with E-state index in [1.807, 2.05) is 6.07 Å². The molecule has 0 bridgehead atoms. The van der Waals surface area contributed by atoms with Crippen molar-refractivity contribution < 1.29 is 24.2 Å². The molecule has 1 amide bonds. The molecule has 0 radical (unpaired) electrons. The van der Waals surface area contributed by atoms with Crippen LogP contribution in [-0.4, -0.2) is 54.8 Å². The van der Waals surface area contributed by atoms with Crippen molar-refractivity contribution in [2.24, 2.45) is 0 Å². The Morgan fingerprint density at radius 1 is 1.48 bits per heavy atom. The van der Waals surface area contributed by atoms with Crippen LogP contribution >= 0.6 is 11.6 Å². The number of carboxylic acid groups (broad SMARTS) is 1. The van der Waals surface area contributed by atoms with Crippen molar-refractivity contribution in [1.29, 1.82) is 0 Å². The maximum absolute atomic E-state index is 12.3. The molecule has 1 aromatic carbocycles. The van der Waals surface area contributed by atoms with E-state index in [4.69, 9.17) is 26.2 Å². The summed E-state index contributed by atoms with van der Waals surface area (Å²) in [5, 5.41) is 9.32. The lowest BCUT2D eigenvalue weighted by Gasteiger charge is -2.32. The van der Waals surface area contributed by atoms with Crippen molar-refractivity contribution in [2.75, 3.05) is 26.8 Å². The maximum atomic E-state index is 12.3. The van der Waals surface area contributed by atoms with Crippen LogP contribution in [0.1, 0.15) is 18.4 Å². The second-order valence-electron chi connectivity index (χ2n) is 5.40. The van der Waals surface area contributed by atoms with Gasteiger partial charge in [0.1, 0.15) is 5.75 Å². The van der Waals surface area contributed by atoms with Crippen molar-refractivity contribution in [3.8, 4) is 5.75 Å². The van der Waals surface area contributed by atoms with Crippen LogP contribution in [0.5, 0.6) is 5.75 Å². The number of carbonyl (C=O) groups is 2. The summed E-state index contributed by atoms with van der Waals surface area (Å²) in [5.41, 5.74) is 0.958. The van der Waals surface area contributed by atoms with Gasteiger partial charge in [-0.1, -0.05) is 17.7 Å². The number of carboxylic acids is 1. The average molecular weight is 342 g/mol. The second kappa shape index (κ2) is 8.17. The molecule has 1 saturated heterocycles. The third-order valence-corrected chi connectivity index (χ3v) is 4.03. The van der Waals surface area contributed by atoms with Crippen LogP contribution in [0.15, 0.2) is 18.2 Å². The minimum absolute atomic E-state index is 0.00405. The number of benzene rings is 1. The smallest absolute Gasteiger partial charge is 0.306 e. The molecule has 2 rings (SSSR count). The molecule has 1 unspecified atom stereocenters. The zero-order chi connectivity index (χ0) is 16.8. The fourth-order valence-corrected chi connectivity index (χ4v) is 2.82. The zero-order valence-electron chi connectivity index (χ0n) is 13.0. The summed E-state index contributed by atoms with van der Waals surface area (Å²) >= 11 is 6.07. The van der Waals surface area contributed by atoms with Gasteiger partial charge in [0, 0.05) is 19.5 Å². The van der Waals surface area contributed by atoms with Gasteiger partial charge in [-0.05, 0) is 24.1 Å². The molecule has 126 valence electrons. The summed E-state index contributed by atoms with van der Waals surface area (Å²) < 4.78 is 10.5. The van der Waals surface area contributed by atoms with Crippen LogP contribution in [0.2, 0.25) is 5.02 Å². The molecule has 1 aliphatic rings. The number of nitrogens with zero attached hydrogens (tertiary/aromatic N) is 1. The lowest BCUT2D eigenvalue weighted by molar-refractivity contribution is -0.147. The van der Waals surface area contributed by atoms with Gasteiger partial charge in [-0.3, -0.25) is 9.59 Å². The number of halogens is 1. The van der Waals surface area contributed by atoms with Gasteiger partial charge in [0.2, 0.25) is 5.91 Å². The molecule has 1 heterocycles. The molecular formula is C16H20ClNO5. The van der Waals surface area contributed by atoms with E-state index in [-0.39, 0.29) is 12.3 Å². The Bertz CT molecular complexity index is 578. The number of methoxy groups -OCH3 is 1. The minimum Gasteiger partial charge on any atom is -0.495 e. The molecule has 0 aromatic heterocycles. The SMILES string of the molecule is COc1ccc(CCC(=O)N2CCOC(CC(=O)O)C2)cc1Cl. The van der Waals surface area contributed by atoms with E-state index in [0.29, 0.717) is 43.3 Å². The second-order valence-corrected chi connectivity index (χ2v) is 5.81. The highest BCUT2D eigenvalue weighted by Gasteiger charge is 2.25. The molecular weight excluding hydrogens is 322 g/mol. The number of ether oxygens (including phenoxy) is 2. The van der Waals surface area contributed by atoms with Gasteiger partial charge in [-0.2, -0.15) is 0 Å². The Morgan fingerprint density at radius 2 is 2.26 bits per heavy atom. The average Bonchev–Trinajstić information content (AvgIpc) is 2.52. The molecule has 0 spiro atoms. The highest BCUT2D eigenvalue weighted by molar-refractivity contribution is 6.32. The van der Waals surface area contributed by atoms with Gasteiger partial charge in [-0.15, -0.1) is 0 Å². The van der Waals surface area contributed by atoms with Crippen LogP contribution in [0.25, 0.3) is 0 Å². The van der Waals surface area contributed by atoms with Crippen LogP contribution in [0, 0.1) is 0 Å². The number of hydrogen-bond donors (Lipinski definition) is 1. The van der Waals surface area contributed by atoms with E-state index in [9.17, 15) is 9.59 Å². The molecule has 1 N–H and O–H groups in total. The van der Waals surface area contributed by atoms with Gasteiger partial charge in [0.15, 0.2) is 0 Å². The third kappa shape index (κ3) is 5.11. The summed E-state index contributed by atoms with van der Waals surface area (Å²) in [7, 11) is 1.55. The first kappa shape index (κ1) is 17.6. The molecule has 1 aliphatic heterocycles. The van der Waals surface area contributed by atoms with Crippen molar-refractivity contribution in [3.63, 3.8) is 0 Å². The van der Waals surface area contributed by atoms with Crippen molar-refractivity contribution in [1.82, 2.24) is 4.90 Å². The molecule has 7 heteroatoms. The third-order valence-electron chi connectivity index (χ3n) is 3.74. The number of amides is 1. The Morgan fingerprint density at radius 3 is 2.91 bits per heavy atom. The van der Waals surface area contributed by atoms with Crippen molar-refractivity contribution >= 4 is 23.5 Å². The first-order valence-corrected chi connectivity index (χ1v) is 7.81. The lowest BCUT2D eigenvalue weighted by Crippen LogP contribution is -2.46. The summed E-state index contributed by atoms with van der Waals surface area (Å²) in [6.07, 6.45) is 0.407. The Kier molecular flexibility index (Phi) is 6.24. The fraction of sp³-hybridized carbons (Fsp3) is 0.500. The molecule has 1 fully saturated rings. The summed E-state index contributed by atoms with van der Waals surface area (Å²) in [4.78, 5) is 24.7. The molecule has 1 aromatic rings.